The summed E-state index contributed by atoms with van der Waals surface area (Å²) in [4.78, 5) is 71.7. The third-order valence-electron chi connectivity index (χ3n) is 7.57. The Bertz CT molecular complexity index is 2120. The Morgan fingerprint density at radius 1 is 0.906 bits per heavy atom. The summed E-state index contributed by atoms with van der Waals surface area (Å²) in [5.41, 5.74) is 9.39. The fraction of sp³-hybridized carbons (Fsp3) is 0.500. The second-order valence-electron chi connectivity index (χ2n) is 11.1. The van der Waals surface area contributed by atoms with Gasteiger partial charge in [-0.05, 0) is 0 Å². The van der Waals surface area contributed by atoms with Gasteiger partial charge in [0, 0.05) is 6.20 Å². The fourth-order valence-corrected chi connectivity index (χ4v) is 8.76. The van der Waals surface area contributed by atoms with Gasteiger partial charge >= 0.3 is 29.0 Å². The van der Waals surface area contributed by atoms with Crippen molar-refractivity contribution in [1.29, 1.82) is 0 Å². The van der Waals surface area contributed by atoms with E-state index in [1.54, 1.807) is 0 Å². The van der Waals surface area contributed by atoms with E-state index in [0.29, 0.717) is 0 Å². The molecule has 2 aliphatic rings. The van der Waals surface area contributed by atoms with Crippen LogP contribution >= 0.6 is 23.5 Å². The van der Waals surface area contributed by atoms with Crippen LogP contribution < -0.4 is 32.8 Å². The van der Waals surface area contributed by atoms with E-state index in [-0.39, 0.29) is 34.6 Å². The predicted octanol–water partition coefficient (Wildman–Crippen LogP) is -4.72. The topological polar surface area (TPSA) is 429 Å². The van der Waals surface area contributed by atoms with Crippen LogP contribution in [0.15, 0.2) is 28.7 Å². The summed E-state index contributed by atoms with van der Waals surface area (Å²) < 4.78 is 66.7. The van der Waals surface area contributed by atoms with Crippen LogP contribution in [0.2, 0.25) is 0 Å². The van der Waals surface area contributed by atoms with Crippen molar-refractivity contribution in [3.8, 4) is 0 Å². The first-order valence-electron chi connectivity index (χ1n) is 14.7. The second kappa shape index (κ2) is 15.3. The number of nitrogens with zero attached hydrogens (tertiary/aromatic N) is 5. The highest BCUT2D eigenvalue weighted by Crippen LogP contribution is 2.67. The molecule has 31 heteroatoms. The monoisotopic (exact) mass is 819 g/mol. The molecule has 2 fully saturated rings. The van der Waals surface area contributed by atoms with Gasteiger partial charge in [-0.15, -0.1) is 0 Å². The smallest absolute Gasteiger partial charge is 0.387 e. The van der Waals surface area contributed by atoms with Crippen LogP contribution in [0.25, 0.3) is 11.2 Å². The highest BCUT2D eigenvalue weighted by molar-refractivity contribution is 7.66. The van der Waals surface area contributed by atoms with Gasteiger partial charge in [-0.1, -0.05) is 6.58 Å². The minimum atomic E-state index is -6.02. The van der Waals surface area contributed by atoms with Crippen molar-refractivity contribution in [1.82, 2.24) is 29.5 Å². The number of phosphoric acid groups is 3. The summed E-state index contributed by atoms with van der Waals surface area (Å²) in [6.07, 6.45) is -11.4. The molecule has 5 heterocycles. The molecular weight excluding hydrogens is 785 g/mol. The summed E-state index contributed by atoms with van der Waals surface area (Å²) in [6, 6.07) is 0. The molecule has 11 atom stereocenters. The molecule has 15 N–H and O–H groups in total. The molecule has 11 unspecified atom stereocenters. The van der Waals surface area contributed by atoms with E-state index >= 15 is 0 Å². The molecule has 28 nitrogen and oxygen atoms in total. The maximum atomic E-state index is 12.5. The maximum Gasteiger partial charge on any atom is 0.490 e. The van der Waals surface area contributed by atoms with E-state index in [1.165, 1.54) is 12.4 Å². The number of aromatic amines is 2. The number of rotatable bonds is 15. The SMILES string of the molecule is C=CN(c1nc(N)[nH]c(=O)c1[NH2+]C)C1OC(COP(=O)(O)OP(=O)(O)OP(=O)(O)OCC2OC(n3cnc4c(=O)[nH]c(N)nc43)C(O)C2O)C(O)C1O. The van der Waals surface area contributed by atoms with Gasteiger partial charge in [0.1, 0.15) is 36.6 Å². The van der Waals surface area contributed by atoms with E-state index in [9.17, 15) is 58.4 Å². The molecule has 53 heavy (non-hydrogen) atoms. The Hall–Kier alpha value is -3.50. The molecule has 0 radical (unpaired) electrons. The first kappa shape index (κ1) is 40.7. The molecule has 2 aliphatic heterocycles. The quantitative estimate of drug-likeness (QED) is 0.0641. The van der Waals surface area contributed by atoms with Crippen molar-refractivity contribution in [3.63, 3.8) is 0 Å². The van der Waals surface area contributed by atoms with Gasteiger partial charge in [0.15, 0.2) is 23.6 Å². The molecule has 0 aliphatic carbocycles. The number of nitrogen functional groups attached to an aromatic ring is 2. The number of hydrogen-bond donors (Lipinski definition) is 12. The lowest BCUT2D eigenvalue weighted by molar-refractivity contribution is -0.540. The third-order valence-corrected chi connectivity index (χ3v) is 11.8. The summed E-state index contributed by atoms with van der Waals surface area (Å²) in [7, 11) is -15.9. The summed E-state index contributed by atoms with van der Waals surface area (Å²) in [6.45, 7) is 1.35. The van der Waals surface area contributed by atoms with Crippen LogP contribution in [0.4, 0.5) is 23.4 Å². The Balaban J connectivity index is 1.17. The maximum absolute atomic E-state index is 12.5. The van der Waals surface area contributed by atoms with Crippen molar-refractivity contribution in [2.24, 2.45) is 0 Å². The zero-order valence-electron chi connectivity index (χ0n) is 26.8. The van der Waals surface area contributed by atoms with Crippen molar-refractivity contribution < 1.29 is 81.3 Å². The van der Waals surface area contributed by atoms with Crippen LogP contribution in [0.5, 0.6) is 0 Å². The number of H-pyrrole nitrogens is 2. The normalized spacial score (nSPS) is 29.4. The van der Waals surface area contributed by atoms with Crippen molar-refractivity contribution in [2.75, 3.05) is 36.6 Å². The van der Waals surface area contributed by atoms with Gasteiger partial charge < -0.3 is 61.4 Å². The first-order chi connectivity index (χ1) is 24.7. The number of quaternary nitrogens is 1. The van der Waals surface area contributed by atoms with Crippen LogP contribution in [-0.2, 0) is 40.8 Å². The summed E-state index contributed by atoms with van der Waals surface area (Å²) in [5.74, 6) is -0.778. The highest BCUT2D eigenvalue weighted by atomic mass is 31.3. The number of imidazole rings is 1. The number of aliphatic hydroxyl groups excluding tert-OH is 4. The Morgan fingerprint density at radius 2 is 1.45 bits per heavy atom. The predicted molar refractivity (Wildman–Crippen MR) is 172 cm³/mol. The van der Waals surface area contributed by atoms with Crippen molar-refractivity contribution in [3.05, 3.63) is 39.8 Å². The number of nitrogens with one attached hydrogen (secondary N) is 2. The number of aromatic nitrogens is 6. The Morgan fingerprint density at radius 3 is 2.04 bits per heavy atom. The number of aliphatic hydroxyl groups is 4. The Labute approximate surface area is 294 Å². The molecule has 0 amide bonds. The van der Waals surface area contributed by atoms with Crippen molar-refractivity contribution in [2.45, 2.75) is 49.1 Å². The molecule has 0 bridgehead atoms. The van der Waals surface area contributed by atoms with Gasteiger partial charge in [0.2, 0.25) is 23.4 Å². The number of hydrogen-bond acceptors (Lipinski definition) is 21. The molecule has 5 rings (SSSR count). The van der Waals surface area contributed by atoms with E-state index in [2.05, 4.69) is 49.2 Å². The number of phosphoric ester groups is 2. The lowest BCUT2D eigenvalue weighted by atomic mass is 10.1. The lowest BCUT2D eigenvalue weighted by Crippen LogP contribution is -2.75. The van der Waals surface area contributed by atoms with Crippen LogP contribution in [0.1, 0.15) is 6.23 Å². The van der Waals surface area contributed by atoms with Gasteiger partial charge in [0.25, 0.3) is 5.56 Å². The number of anilines is 3. The van der Waals surface area contributed by atoms with Crippen LogP contribution in [0, 0.1) is 0 Å². The Kier molecular flexibility index (Phi) is 11.8. The minimum absolute atomic E-state index is 0.0273. The average molecular weight is 819 g/mol. The number of fused-ring (bicyclic) bond motifs is 1. The summed E-state index contributed by atoms with van der Waals surface area (Å²) in [5, 5.41) is 43.5. The van der Waals surface area contributed by atoms with E-state index in [4.69, 9.17) is 20.9 Å². The van der Waals surface area contributed by atoms with Gasteiger partial charge in [-0.3, -0.25) is 38.1 Å². The molecular formula is C22H34N10O18P3+. The van der Waals surface area contributed by atoms with Gasteiger partial charge in [-0.2, -0.15) is 18.6 Å². The second-order valence-corrected chi connectivity index (χ2v) is 15.7. The van der Waals surface area contributed by atoms with Gasteiger partial charge in [0.05, 0.1) is 26.6 Å². The molecule has 294 valence electrons. The number of nitrogens with two attached hydrogens (primary N) is 3. The standard InChI is InChI=1S/C22H33N10O18P3/c1-3-31(15-9(25-2)17(37)29-21(23)27-15)19-13(35)11(33)7(47-19)4-45-51(39,40)49-53(43,44)50-52(41,42)46-5-8-12(34)14(36)20(48-8)32-6-26-10-16(32)28-22(24)30-18(10)38/h3,6-8,11-14,19-20,25,33-36H,1,4-5H2,2H3,(H,39,40)(H,41,42)(H,43,44)(H3,23,27,29,37)(H3,24,28,30,38)/p+1. The first-order valence-corrected chi connectivity index (χ1v) is 19.2. The van der Waals surface area contributed by atoms with Crippen LogP contribution in [-0.4, -0.2) is 128 Å². The lowest BCUT2D eigenvalue weighted by Gasteiger charge is -2.28. The molecule has 3 aromatic rings. The number of ether oxygens (including phenoxy) is 2. The minimum Gasteiger partial charge on any atom is -0.387 e. The largest absolute Gasteiger partial charge is 0.490 e. The average Bonchev–Trinajstić information content (AvgIpc) is 3.68. The highest BCUT2D eigenvalue weighted by Gasteiger charge is 2.50. The molecule has 2 saturated heterocycles. The molecule has 3 aromatic heterocycles. The molecule has 0 saturated carbocycles. The zero-order chi connectivity index (χ0) is 39.2. The van der Waals surface area contributed by atoms with Gasteiger partial charge in [-0.25, -0.2) is 18.7 Å². The molecule has 0 aromatic carbocycles. The summed E-state index contributed by atoms with van der Waals surface area (Å²) >= 11 is 0. The van der Waals surface area contributed by atoms with Crippen LogP contribution in [0.3, 0.4) is 0 Å². The fourth-order valence-electron chi connectivity index (χ4n) is 5.24. The third kappa shape index (κ3) is 8.75. The van der Waals surface area contributed by atoms with E-state index in [0.717, 1.165) is 22.0 Å². The molecule has 0 spiro atoms. The van der Waals surface area contributed by atoms with E-state index < -0.39 is 96.9 Å². The van der Waals surface area contributed by atoms with Crippen molar-refractivity contribution >= 4 is 58.0 Å². The zero-order valence-corrected chi connectivity index (χ0v) is 29.5. The van der Waals surface area contributed by atoms with E-state index in [1.807, 2.05) is 0 Å².